The van der Waals surface area contributed by atoms with Gasteiger partial charge >= 0.3 is 0 Å². The highest BCUT2D eigenvalue weighted by Crippen LogP contribution is 2.18. The van der Waals surface area contributed by atoms with E-state index in [-0.39, 0.29) is 6.10 Å². The number of thiazole rings is 1. The standard InChI is InChI=1S/C8H13ClN2OS/c1-6(12)4-11(2)5-7-3-10-8(9)13-7/h3,6,12H,4-5H2,1-2H3. The topological polar surface area (TPSA) is 36.4 Å². The smallest absolute Gasteiger partial charge is 0.183 e. The lowest BCUT2D eigenvalue weighted by molar-refractivity contribution is 0.139. The molecule has 0 saturated heterocycles. The van der Waals surface area contributed by atoms with E-state index in [2.05, 4.69) is 4.98 Å². The molecule has 1 aromatic rings. The minimum absolute atomic E-state index is 0.298. The predicted molar refractivity (Wildman–Crippen MR) is 55.1 cm³/mol. The summed E-state index contributed by atoms with van der Waals surface area (Å²) in [5.41, 5.74) is 0. The molecule has 1 aromatic heterocycles. The molecule has 1 N–H and O–H groups in total. The maximum Gasteiger partial charge on any atom is 0.183 e. The third-order valence-electron chi connectivity index (χ3n) is 1.53. The molecule has 5 heteroatoms. The van der Waals surface area contributed by atoms with Crippen LogP contribution in [0.2, 0.25) is 4.47 Å². The van der Waals surface area contributed by atoms with Gasteiger partial charge in [0.05, 0.1) is 6.10 Å². The van der Waals surface area contributed by atoms with E-state index < -0.39 is 0 Å². The number of halogens is 1. The van der Waals surface area contributed by atoms with Crippen LogP contribution in [-0.2, 0) is 6.54 Å². The highest BCUT2D eigenvalue weighted by atomic mass is 35.5. The van der Waals surface area contributed by atoms with E-state index in [1.54, 1.807) is 13.1 Å². The summed E-state index contributed by atoms with van der Waals surface area (Å²) in [6.07, 6.45) is 1.47. The van der Waals surface area contributed by atoms with Gasteiger partial charge in [-0.05, 0) is 14.0 Å². The van der Waals surface area contributed by atoms with Crippen LogP contribution in [0.3, 0.4) is 0 Å². The maximum absolute atomic E-state index is 9.13. The van der Waals surface area contributed by atoms with E-state index in [1.807, 2.05) is 11.9 Å². The third kappa shape index (κ3) is 4.04. The number of nitrogens with zero attached hydrogens (tertiary/aromatic N) is 2. The fourth-order valence-electron chi connectivity index (χ4n) is 1.14. The van der Waals surface area contributed by atoms with Crippen LogP contribution in [-0.4, -0.2) is 34.7 Å². The lowest BCUT2D eigenvalue weighted by atomic mass is 10.3. The van der Waals surface area contributed by atoms with Crippen molar-refractivity contribution in [2.75, 3.05) is 13.6 Å². The van der Waals surface area contributed by atoms with Crippen LogP contribution in [0.1, 0.15) is 11.8 Å². The molecule has 74 valence electrons. The Morgan fingerprint density at radius 1 is 1.77 bits per heavy atom. The van der Waals surface area contributed by atoms with Gasteiger partial charge in [-0.3, -0.25) is 4.90 Å². The molecule has 1 unspecified atom stereocenters. The van der Waals surface area contributed by atoms with Crippen LogP contribution in [0, 0.1) is 0 Å². The molecule has 0 fully saturated rings. The first-order chi connectivity index (χ1) is 6.08. The summed E-state index contributed by atoms with van der Waals surface area (Å²) in [5, 5.41) is 9.13. The monoisotopic (exact) mass is 220 g/mol. The first-order valence-electron chi connectivity index (χ1n) is 4.04. The molecule has 0 spiro atoms. The van der Waals surface area contributed by atoms with Crippen molar-refractivity contribution in [3.05, 3.63) is 15.5 Å². The van der Waals surface area contributed by atoms with E-state index in [9.17, 15) is 0 Å². The minimum Gasteiger partial charge on any atom is -0.392 e. The van der Waals surface area contributed by atoms with Crippen LogP contribution >= 0.6 is 22.9 Å². The quantitative estimate of drug-likeness (QED) is 0.838. The van der Waals surface area contributed by atoms with Gasteiger partial charge in [0.2, 0.25) is 0 Å². The highest BCUT2D eigenvalue weighted by molar-refractivity contribution is 7.15. The van der Waals surface area contributed by atoms with Gasteiger partial charge in [0.15, 0.2) is 4.47 Å². The second kappa shape index (κ2) is 4.91. The van der Waals surface area contributed by atoms with E-state index >= 15 is 0 Å². The Labute approximate surface area is 87.0 Å². The molecule has 0 saturated carbocycles. The second-order valence-corrected chi connectivity index (χ2v) is 4.82. The van der Waals surface area contributed by atoms with Crippen LogP contribution < -0.4 is 0 Å². The zero-order valence-corrected chi connectivity index (χ0v) is 9.27. The average molecular weight is 221 g/mol. The number of likely N-dealkylation sites (N-methyl/N-ethyl adjacent to an activating group) is 1. The average Bonchev–Trinajstić information content (AvgIpc) is 2.33. The van der Waals surface area contributed by atoms with Crippen LogP contribution in [0.15, 0.2) is 6.20 Å². The fourth-order valence-corrected chi connectivity index (χ4v) is 2.20. The summed E-state index contributed by atoms with van der Waals surface area (Å²) < 4.78 is 0.570. The Balaban J connectivity index is 2.40. The van der Waals surface area contributed by atoms with Gasteiger partial charge in [-0.15, -0.1) is 11.3 Å². The number of aliphatic hydroxyl groups excluding tert-OH is 1. The number of aromatic nitrogens is 1. The van der Waals surface area contributed by atoms with Gasteiger partial charge < -0.3 is 5.11 Å². The van der Waals surface area contributed by atoms with Gasteiger partial charge in [-0.2, -0.15) is 0 Å². The molecule has 0 aliphatic carbocycles. The molecule has 1 heterocycles. The molecule has 0 amide bonds. The molecule has 0 aliphatic heterocycles. The second-order valence-electron chi connectivity index (χ2n) is 3.13. The van der Waals surface area contributed by atoms with Crippen molar-refractivity contribution in [3.8, 4) is 0 Å². The number of hydrogen-bond acceptors (Lipinski definition) is 4. The van der Waals surface area contributed by atoms with Gasteiger partial charge in [0, 0.05) is 24.2 Å². The third-order valence-corrected chi connectivity index (χ3v) is 2.63. The van der Waals surface area contributed by atoms with E-state index in [0.29, 0.717) is 11.0 Å². The van der Waals surface area contributed by atoms with Crippen LogP contribution in [0.25, 0.3) is 0 Å². The van der Waals surface area contributed by atoms with E-state index in [0.717, 1.165) is 11.4 Å². The Hall–Kier alpha value is -0.160. The summed E-state index contributed by atoms with van der Waals surface area (Å²) in [6, 6.07) is 0. The molecule has 0 bridgehead atoms. The van der Waals surface area contributed by atoms with E-state index in [4.69, 9.17) is 16.7 Å². The van der Waals surface area contributed by atoms with Crippen LogP contribution in [0.5, 0.6) is 0 Å². The first kappa shape index (κ1) is 10.9. The summed E-state index contributed by atoms with van der Waals surface area (Å²) in [5.74, 6) is 0. The molecule has 1 rings (SSSR count). The van der Waals surface area contributed by atoms with Crippen molar-refractivity contribution >= 4 is 22.9 Å². The summed E-state index contributed by atoms with van der Waals surface area (Å²) >= 11 is 7.16. The molecule has 3 nitrogen and oxygen atoms in total. The van der Waals surface area contributed by atoms with Crippen molar-refractivity contribution in [2.45, 2.75) is 19.6 Å². The fraction of sp³-hybridized carbons (Fsp3) is 0.625. The lowest BCUT2D eigenvalue weighted by Crippen LogP contribution is -2.26. The summed E-state index contributed by atoms with van der Waals surface area (Å²) in [6.45, 7) is 3.22. The molecule has 0 radical (unpaired) electrons. The summed E-state index contributed by atoms with van der Waals surface area (Å²) in [7, 11) is 1.96. The SMILES string of the molecule is CC(O)CN(C)Cc1cnc(Cl)s1. The Bertz CT molecular complexity index is 264. The van der Waals surface area contributed by atoms with Crippen LogP contribution in [0.4, 0.5) is 0 Å². The molecular weight excluding hydrogens is 208 g/mol. The molecule has 1 atom stereocenters. The molecule has 0 aromatic carbocycles. The zero-order valence-electron chi connectivity index (χ0n) is 7.70. The predicted octanol–water partition coefficient (Wildman–Crippen LogP) is 1.61. The Morgan fingerprint density at radius 2 is 2.46 bits per heavy atom. The molecular formula is C8H13ClN2OS. The van der Waals surface area contributed by atoms with Crippen molar-refractivity contribution in [2.24, 2.45) is 0 Å². The van der Waals surface area contributed by atoms with Gasteiger partial charge in [0.1, 0.15) is 0 Å². The lowest BCUT2D eigenvalue weighted by Gasteiger charge is -2.16. The van der Waals surface area contributed by atoms with Gasteiger partial charge in [-0.1, -0.05) is 11.6 Å². The normalized spacial score (nSPS) is 13.6. The van der Waals surface area contributed by atoms with Crippen molar-refractivity contribution in [1.82, 2.24) is 9.88 Å². The Morgan fingerprint density at radius 3 is 2.92 bits per heavy atom. The van der Waals surface area contributed by atoms with Gasteiger partial charge in [0.25, 0.3) is 0 Å². The largest absolute Gasteiger partial charge is 0.392 e. The number of hydrogen-bond donors (Lipinski definition) is 1. The van der Waals surface area contributed by atoms with Crippen molar-refractivity contribution in [1.29, 1.82) is 0 Å². The number of rotatable bonds is 4. The molecule has 0 aliphatic rings. The number of aliphatic hydroxyl groups is 1. The minimum atomic E-state index is -0.298. The Kier molecular flexibility index (Phi) is 4.12. The van der Waals surface area contributed by atoms with Crippen molar-refractivity contribution in [3.63, 3.8) is 0 Å². The van der Waals surface area contributed by atoms with Gasteiger partial charge in [-0.25, -0.2) is 4.98 Å². The highest BCUT2D eigenvalue weighted by Gasteiger charge is 2.05. The first-order valence-corrected chi connectivity index (χ1v) is 5.24. The zero-order chi connectivity index (χ0) is 9.84. The van der Waals surface area contributed by atoms with E-state index in [1.165, 1.54) is 11.3 Å². The summed E-state index contributed by atoms with van der Waals surface area (Å²) in [4.78, 5) is 7.10. The molecule has 13 heavy (non-hydrogen) atoms. The van der Waals surface area contributed by atoms with Crippen molar-refractivity contribution < 1.29 is 5.11 Å². The maximum atomic E-state index is 9.13.